The van der Waals surface area contributed by atoms with E-state index >= 15 is 0 Å². The van der Waals surface area contributed by atoms with E-state index in [4.69, 9.17) is 0 Å². The number of carbonyl (C=O) groups excluding carboxylic acids is 1. The molecule has 0 radical (unpaired) electrons. The van der Waals surface area contributed by atoms with Crippen molar-refractivity contribution in [3.05, 3.63) is 21.9 Å². The van der Waals surface area contributed by atoms with Crippen molar-refractivity contribution in [1.29, 1.82) is 0 Å². The Bertz CT molecular complexity index is 291. The first kappa shape index (κ1) is 10.4. The molecule has 0 amide bonds. The lowest BCUT2D eigenvalue weighted by Gasteiger charge is -2.07. The largest absolute Gasteiger partial charge is 0.388 e. The second kappa shape index (κ2) is 4.53. The Kier molecular flexibility index (Phi) is 3.63. The maximum absolute atomic E-state index is 11.4. The van der Waals surface area contributed by atoms with Crippen molar-refractivity contribution in [2.45, 2.75) is 32.8 Å². The molecule has 1 atom stereocenters. The summed E-state index contributed by atoms with van der Waals surface area (Å²) in [5.41, 5.74) is 0.791. The summed E-state index contributed by atoms with van der Waals surface area (Å²) in [4.78, 5) is 12.1. The molecule has 0 spiro atoms. The van der Waals surface area contributed by atoms with Crippen LogP contribution in [-0.2, 0) is 0 Å². The smallest absolute Gasteiger partial charge is 0.172 e. The minimum atomic E-state index is -0.489. The fraction of sp³-hybridized carbons (Fsp3) is 0.500. The first-order valence-corrected chi connectivity index (χ1v) is 5.37. The van der Waals surface area contributed by atoms with E-state index in [0.29, 0.717) is 12.8 Å². The van der Waals surface area contributed by atoms with Gasteiger partial charge in [0.25, 0.3) is 0 Å². The second-order valence-corrected chi connectivity index (χ2v) is 3.82. The Morgan fingerprint density at radius 3 is 2.85 bits per heavy atom. The zero-order valence-electron chi connectivity index (χ0n) is 7.91. The summed E-state index contributed by atoms with van der Waals surface area (Å²) in [6, 6.07) is 1.84. The third kappa shape index (κ3) is 2.17. The van der Waals surface area contributed by atoms with Gasteiger partial charge in [0, 0.05) is 12.0 Å². The maximum Gasteiger partial charge on any atom is 0.172 e. The van der Waals surface area contributed by atoms with E-state index < -0.39 is 6.10 Å². The number of Topliss-reactive ketones (excluding diaryl/α,β-unsaturated/α-hetero) is 1. The van der Waals surface area contributed by atoms with Gasteiger partial charge in [-0.15, -0.1) is 11.3 Å². The highest BCUT2D eigenvalue weighted by Crippen LogP contribution is 2.26. The van der Waals surface area contributed by atoms with Crippen LogP contribution in [0.2, 0.25) is 0 Å². The first-order chi connectivity index (χ1) is 6.20. The maximum atomic E-state index is 11.4. The third-order valence-electron chi connectivity index (χ3n) is 2.02. The van der Waals surface area contributed by atoms with Gasteiger partial charge in [-0.25, -0.2) is 0 Å². The molecule has 0 aromatic carbocycles. The molecule has 2 nitrogen and oxygen atoms in total. The van der Waals surface area contributed by atoms with Gasteiger partial charge in [0.15, 0.2) is 5.78 Å². The number of thiophene rings is 1. The molecule has 1 aromatic rings. The predicted molar refractivity (Wildman–Crippen MR) is 54.2 cm³/mol. The SMILES string of the molecule is CCC(=O)c1sccc1C(O)CC. The van der Waals surface area contributed by atoms with Gasteiger partial charge in [0.05, 0.1) is 11.0 Å². The van der Waals surface area contributed by atoms with Crippen molar-refractivity contribution in [3.63, 3.8) is 0 Å². The molecule has 0 aliphatic carbocycles. The van der Waals surface area contributed by atoms with E-state index in [1.807, 2.05) is 25.3 Å². The number of aliphatic hydroxyl groups excluding tert-OH is 1. The van der Waals surface area contributed by atoms with Crippen molar-refractivity contribution in [3.8, 4) is 0 Å². The summed E-state index contributed by atoms with van der Waals surface area (Å²) in [5.74, 6) is 0.123. The molecule has 1 aromatic heterocycles. The van der Waals surface area contributed by atoms with Gasteiger partial charge in [0.1, 0.15) is 0 Å². The van der Waals surface area contributed by atoms with E-state index in [0.717, 1.165) is 10.4 Å². The molecule has 0 bridgehead atoms. The van der Waals surface area contributed by atoms with E-state index in [-0.39, 0.29) is 5.78 Å². The number of carbonyl (C=O) groups is 1. The monoisotopic (exact) mass is 198 g/mol. The summed E-state index contributed by atoms with van der Waals surface area (Å²) < 4.78 is 0. The quantitative estimate of drug-likeness (QED) is 0.755. The van der Waals surface area contributed by atoms with Crippen molar-refractivity contribution >= 4 is 17.1 Å². The van der Waals surface area contributed by atoms with Gasteiger partial charge in [-0.1, -0.05) is 13.8 Å². The summed E-state index contributed by atoms with van der Waals surface area (Å²) in [6.07, 6.45) is 0.668. The van der Waals surface area contributed by atoms with Crippen LogP contribution in [0.25, 0.3) is 0 Å². The normalized spacial score (nSPS) is 12.8. The van der Waals surface area contributed by atoms with Crippen LogP contribution in [0, 0.1) is 0 Å². The second-order valence-electron chi connectivity index (χ2n) is 2.91. The average Bonchev–Trinajstić information content (AvgIpc) is 2.63. The molecule has 72 valence electrons. The van der Waals surface area contributed by atoms with Crippen LogP contribution in [0.1, 0.15) is 48.0 Å². The lowest BCUT2D eigenvalue weighted by atomic mass is 10.1. The zero-order chi connectivity index (χ0) is 9.84. The van der Waals surface area contributed by atoms with Crippen LogP contribution < -0.4 is 0 Å². The lowest BCUT2D eigenvalue weighted by molar-refractivity contribution is 0.0984. The molecule has 3 heteroatoms. The molecule has 0 saturated heterocycles. The van der Waals surface area contributed by atoms with Crippen molar-refractivity contribution in [1.82, 2.24) is 0 Å². The summed E-state index contributed by atoms with van der Waals surface area (Å²) in [6.45, 7) is 3.74. The standard InChI is InChI=1S/C10H14O2S/c1-3-8(11)7-5-6-13-10(7)9(12)4-2/h5-6,8,11H,3-4H2,1-2H3. The Balaban J connectivity index is 2.95. The van der Waals surface area contributed by atoms with E-state index in [1.54, 1.807) is 0 Å². The number of aliphatic hydroxyl groups is 1. The van der Waals surface area contributed by atoms with Gasteiger partial charge in [-0.05, 0) is 17.9 Å². The molecule has 0 aliphatic heterocycles. The van der Waals surface area contributed by atoms with Gasteiger partial charge < -0.3 is 5.11 Å². The molecular weight excluding hydrogens is 184 g/mol. The predicted octanol–water partition coefficient (Wildman–Crippen LogP) is 2.78. The zero-order valence-corrected chi connectivity index (χ0v) is 8.73. The number of rotatable bonds is 4. The van der Waals surface area contributed by atoms with E-state index in [1.165, 1.54) is 11.3 Å². The van der Waals surface area contributed by atoms with Crippen molar-refractivity contribution < 1.29 is 9.90 Å². The third-order valence-corrected chi connectivity index (χ3v) is 2.99. The van der Waals surface area contributed by atoms with Crippen LogP contribution in [0.15, 0.2) is 11.4 Å². The van der Waals surface area contributed by atoms with Crippen LogP contribution in [-0.4, -0.2) is 10.9 Å². The van der Waals surface area contributed by atoms with E-state index in [9.17, 15) is 9.90 Å². The number of hydrogen-bond acceptors (Lipinski definition) is 3. The molecule has 1 rings (SSSR count). The molecule has 13 heavy (non-hydrogen) atoms. The minimum absolute atomic E-state index is 0.123. The Labute approximate surface area is 82.2 Å². The highest BCUT2D eigenvalue weighted by Gasteiger charge is 2.16. The van der Waals surface area contributed by atoms with Crippen LogP contribution in [0.5, 0.6) is 0 Å². The fourth-order valence-corrected chi connectivity index (χ4v) is 2.16. The summed E-state index contributed by atoms with van der Waals surface area (Å²) in [7, 11) is 0. The first-order valence-electron chi connectivity index (χ1n) is 4.49. The number of ketones is 1. The fourth-order valence-electron chi connectivity index (χ4n) is 1.19. The minimum Gasteiger partial charge on any atom is -0.388 e. The highest BCUT2D eigenvalue weighted by molar-refractivity contribution is 7.12. The van der Waals surface area contributed by atoms with Gasteiger partial charge in [0.2, 0.25) is 0 Å². The molecule has 0 saturated carbocycles. The Morgan fingerprint density at radius 1 is 1.62 bits per heavy atom. The average molecular weight is 198 g/mol. The molecule has 0 aliphatic rings. The van der Waals surface area contributed by atoms with Crippen molar-refractivity contribution in [2.24, 2.45) is 0 Å². The molecule has 1 N–H and O–H groups in total. The molecule has 1 heterocycles. The molecule has 1 unspecified atom stereocenters. The number of hydrogen-bond donors (Lipinski definition) is 1. The topological polar surface area (TPSA) is 37.3 Å². The Morgan fingerprint density at radius 2 is 2.31 bits per heavy atom. The highest BCUT2D eigenvalue weighted by atomic mass is 32.1. The Hall–Kier alpha value is -0.670. The lowest BCUT2D eigenvalue weighted by Crippen LogP contribution is -2.02. The molecule has 0 fully saturated rings. The van der Waals surface area contributed by atoms with E-state index in [2.05, 4.69) is 0 Å². The van der Waals surface area contributed by atoms with Gasteiger partial charge >= 0.3 is 0 Å². The van der Waals surface area contributed by atoms with Gasteiger partial charge in [-0.3, -0.25) is 4.79 Å². The van der Waals surface area contributed by atoms with Crippen LogP contribution in [0.3, 0.4) is 0 Å². The van der Waals surface area contributed by atoms with Gasteiger partial charge in [-0.2, -0.15) is 0 Å². The summed E-state index contributed by atoms with van der Waals surface area (Å²) >= 11 is 1.42. The summed E-state index contributed by atoms with van der Waals surface area (Å²) in [5, 5.41) is 11.5. The van der Waals surface area contributed by atoms with Crippen molar-refractivity contribution in [2.75, 3.05) is 0 Å². The van der Waals surface area contributed by atoms with Crippen LogP contribution >= 0.6 is 11.3 Å². The van der Waals surface area contributed by atoms with Crippen LogP contribution in [0.4, 0.5) is 0 Å². The molecular formula is C10H14O2S.